The number of hydrogen-bond donors (Lipinski definition) is 2. The lowest BCUT2D eigenvalue weighted by molar-refractivity contribution is -0.273. The average molecular weight is 317 g/mol. The molecule has 1 aromatic rings. The van der Waals surface area contributed by atoms with Crippen molar-refractivity contribution < 1.29 is 28.2 Å². The van der Waals surface area contributed by atoms with Crippen molar-refractivity contribution in [2.24, 2.45) is 0 Å². The highest BCUT2D eigenvalue weighted by Crippen LogP contribution is 2.38. The van der Waals surface area contributed by atoms with Gasteiger partial charge in [-0.2, -0.15) is 13.2 Å². The number of carbonyl (C=O) groups is 1. The topological polar surface area (TPSA) is 60.8 Å². The van der Waals surface area contributed by atoms with Crippen molar-refractivity contribution in [3.63, 3.8) is 0 Å². The molecule has 7 heteroatoms. The number of benzene rings is 1. The van der Waals surface area contributed by atoms with Gasteiger partial charge in [0.15, 0.2) is 5.60 Å². The normalized spacial score (nSPS) is 20.5. The molecule has 0 amide bonds. The second-order valence-electron chi connectivity index (χ2n) is 5.61. The number of carboxylic acid groups (broad SMARTS) is 1. The Morgan fingerprint density at radius 3 is 2.23 bits per heavy atom. The standard InChI is InChI=1S/C15H18F3NO3/c16-15(17,18)14(22)6-8-19(9-7-14)12(13(20)21)10-11-4-2-1-3-5-11/h1-5,12,22H,6-10H2,(H,20,21). The van der Waals surface area contributed by atoms with Crippen LogP contribution in [-0.2, 0) is 11.2 Å². The molecule has 0 saturated carbocycles. The number of likely N-dealkylation sites (tertiary alicyclic amines) is 1. The third kappa shape index (κ3) is 3.59. The molecule has 1 unspecified atom stereocenters. The number of aliphatic carboxylic acids is 1. The first-order valence-corrected chi connectivity index (χ1v) is 7.03. The molecule has 2 rings (SSSR count). The van der Waals surface area contributed by atoms with Crippen LogP contribution in [0.2, 0.25) is 0 Å². The molecule has 0 bridgehead atoms. The van der Waals surface area contributed by atoms with E-state index < -0.39 is 36.6 Å². The van der Waals surface area contributed by atoms with Crippen LogP contribution in [0, 0.1) is 0 Å². The minimum atomic E-state index is -4.68. The monoisotopic (exact) mass is 317 g/mol. The van der Waals surface area contributed by atoms with Gasteiger partial charge < -0.3 is 10.2 Å². The molecule has 122 valence electrons. The molecule has 22 heavy (non-hydrogen) atoms. The van der Waals surface area contributed by atoms with E-state index in [1.165, 1.54) is 4.90 Å². The summed E-state index contributed by atoms with van der Waals surface area (Å²) in [4.78, 5) is 12.9. The number of alkyl halides is 3. The highest BCUT2D eigenvalue weighted by atomic mass is 19.4. The minimum Gasteiger partial charge on any atom is -0.480 e. The Hall–Kier alpha value is -1.60. The van der Waals surface area contributed by atoms with Crippen molar-refractivity contribution in [2.75, 3.05) is 13.1 Å². The Morgan fingerprint density at radius 1 is 1.23 bits per heavy atom. The molecule has 1 aliphatic heterocycles. The van der Waals surface area contributed by atoms with Crippen LogP contribution in [-0.4, -0.2) is 52.0 Å². The first kappa shape index (κ1) is 16.8. The maximum Gasteiger partial charge on any atom is 0.417 e. The van der Waals surface area contributed by atoms with E-state index >= 15 is 0 Å². The Bertz CT molecular complexity index is 511. The Kier molecular flexibility index (Phi) is 4.77. The SMILES string of the molecule is O=C(O)C(Cc1ccccc1)N1CCC(O)(C(F)(F)F)CC1. The van der Waals surface area contributed by atoms with E-state index in [0.717, 1.165) is 5.56 Å². The average Bonchev–Trinajstić information content (AvgIpc) is 2.46. The molecular formula is C15H18F3NO3. The lowest BCUT2D eigenvalue weighted by atomic mass is 9.89. The van der Waals surface area contributed by atoms with Crippen LogP contribution in [0.5, 0.6) is 0 Å². The molecule has 1 heterocycles. The summed E-state index contributed by atoms with van der Waals surface area (Å²) in [6.45, 7) is -0.195. The molecule has 4 nitrogen and oxygen atoms in total. The van der Waals surface area contributed by atoms with E-state index in [-0.39, 0.29) is 19.5 Å². The number of aliphatic hydroxyl groups is 1. The van der Waals surface area contributed by atoms with E-state index in [9.17, 15) is 28.2 Å². The maximum atomic E-state index is 12.8. The number of carboxylic acids is 1. The summed E-state index contributed by atoms with van der Waals surface area (Å²) in [5, 5.41) is 19.0. The summed E-state index contributed by atoms with van der Waals surface area (Å²) in [7, 11) is 0. The van der Waals surface area contributed by atoms with E-state index in [4.69, 9.17) is 0 Å². The number of hydrogen-bond acceptors (Lipinski definition) is 3. The van der Waals surface area contributed by atoms with Crippen LogP contribution in [0.4, 0.5) is 13.2 Å². The van der Waals surface area contributed by atoms with Crippen molar-refractivity contribution in [1.29, 1.82) is 0 Å². The van der Waals surface area contributed by atoms with E-state index in [1.54, 1.807) is 24.3 Å². The van der Waals surface area contributed by atoms with Crippen LogP contribution in [0.25, 0.3) is 0 Å². The van der Waals surface area contributed by atoms with Gasteiger partial charge in [-0.3, -0.25) is 9.69 Å². The molecule has 1 fully saturated rings. The van der Waals surface area contributed by atoms with Gasteiger partial charge in [-0.05, 0) is 24.8 Å². The van der Waals surface area contributed by atoms with Crippen molar-refractivity contribution in [3.05, 3.63) is 35.9 Å². The number of halogens is 3. The molecule has 1 saturated heterocycles. The van der Waals surface area contributed by atoms with E-state index in [2.05, 4.69) is 0 Å². The zero-order chi connectivity index (χ0) is 16.4. The summed E-state index contributed by atoms with van der Waals surface area (Å²) in [6, 6.07) is 8.06. The number of piperidine rings is 1. The van der Waals surface area contributed by atoms with Crippen molar-refractivity contribution >= 4 is 5.97 Å². The molecule has 0 aromatic heterocycles. The van der Waals surface area contributed by atoms with Crippen LogP contribution in [0.3, 0.4) is 0 Å². The first-order valence-electron chi connectivity index (χ1n) is 7.03. The Labute approximate surface area is 126 Å². The predicted octanol–water partition coefficient (Wildman–Crippen LogP) is 2.07. The van der Waals surface area contributed by atoms with Gasteiger partial charge in [0, 0.05) is 13.1 Å². The molecule has 0 aliphatic carbocycles. The van der Waals surface area contributed by atoms with Gasteiger partial charge in [0.2, 0.25) is 0 Å². The van der Waals surface area contributed by atoms with Gasteiger partial charge in [0.25, 0.3) is 0 Å². The maximum absolute atomic E-state index is 12.8. The van der Waals surface area contributed by atoms with Crippen LogP contribution in [0.1, 0.15) is 18.4 Å². The lowest BCUT2D eigenvalue weighted by Crippen LogP contribution is -2.56. The Balaban J connectivity index is 2.05. The fourth-order valence-electron chi connectivity index (χ4n) is 2.70. The second-order valence-corrected chi connectivity index (χ2v) is 5.61. The number of rotatable bonds is 4. The van der Waals surface area contributed by atoms with Crippen molar-refractivity contribution in [3.8, 4) is 0 Å². The molecule has 0 spiro atoms. The van der Waals surface area contributed by atoms with Gasteiger partial charge in [-0.25, -0.2) is 0 Å². The summed E-state index contributed by atoms with van der Waals surface area (Å²) in [5.74, 6) is -1.07. The van der Waals surface area contributed by atoms with Gasteiger partial charge in [-0.1, -0.05) is 30.3 Å². The van der Waals surface area contributed by atoms with E-state index in [1.807, 2.05) is 6.07 Å². The van der Waals surface area contributed by atoms with E-state index in [0.29, 0.717) is 0 Å². The van der Waals surface area contributed by atoms with Crippen molar-refractivity contribution in [1.82, 2.24) is 4.90 Å². The summed E-state index contributed by atoms with van der Waals surface area (Å²) in [5.41, 5.74) is -1.90. The zero-order valence-corrected chi connectivity index (χ0v) is 11.9. The highest BCUT2D eigenvalue weighted by Gasteiger charge is 2.55. The summed E-state index contributed by atoms with van der Waals surface area (Å²) in [6.07, 6.45) is -5.47. The Morgan fingerprint density at radius 2 is 1.77 bits per heavy atom. The van der Waals surface area contributed by atoms with Crippen LogP contribution >= 0.6 is 0 Å². The van der Waals surface area contributed by atoms with Crippen molar-refractivity contribution in [2.45, 2.75) is 37.1 Å². The minimum absolute atomic E-state index is 0.0974. The van der Waals surface area contributed by atoms with Crippen LogP contribution in [0.15, 0.2) is 30.3 Å². The van der Waals surface area contributed by atoms with Gasteiger partial charge in [-0.15, -0.1) is 0 Å². The molecule has 0 radical (unpaired) electrons. The molecular weight excluding hydrogens is 299 g/mol. The van der Waals surface area contributed by atoms with Gasteiger partial charge in [0.05, 0.1) is 0 Å². The number of nitrogens with zero attached hydrogens (tertiary/aromatic N) is 1. The fraction of sp³-hybridized carbons (Fsp3) is 0.533. The predicted molar refractivity (Wildman–Crippen MR) is 73.4 cm³/mol. The largest absolute Gasteiger partial charge is 0.480 e. The van der Waals surface area contributed by atoms with Gasteiger partial charge >= 0.3 is 12.1 Å². The third-order valence-corrected chi connectivity index (χ3v) is 4.15. The second kappa shape index (κ2) is 6.26. The quantitative estimate of drug-likeness (QED) is 0.892. The molecule has 1 aromatic carbocycles. The van der Waals surface area contributed by atoms with Crippen LogP contribution < -0.4 is 0 Å². The fourth-order valence-corrected chi connectivity index (χ4v) is 2.70. The molecule has 2 N–H and O–H groups in total. The summed E-state index contributed by atoms with van der Waals surface area (Å²) < 4.78 is 38.3. The highest BCUT2D eigenvalue weighted by molar-refractivity contribution is 5.74. The summed E-state index contributed by atoms with van der Waals surface area (Å²) >= 11 is 0. The molecule has 1 atom stereocenters. The smallest absolute Gasteiger partial charge is 0.417 e. The first-order chi connectivity index (χ1) is 10.2. The molecule has 1 aliphatic rings. The lowest BCUT2D eigenvalue weighted by Gasteiger charge is -2.41. The third-order valence-electron chi connectivity index (χ3n) is 4.15. The zero-order valence-electron chi connectivity index (χ0n) is 11.9. The van der Waals surface area contributed by atoms with Gasteiger partial charge in [0.1, 0.15) is 6.04 Å².